The van der Waals surface area contributed by atoms with Gasteiger partial charge in [-0.15, -0.1) is 9.98 Å². The maximum Gasteiger partial charge on any atom is 0.262 e. The second-order valence-corrected chi connectivity index (χ2v) is 5.89. The number of carbonyl (C=O) groups is 3. The molecule has 0 aliphatic carbocycles. The van der Waals surface area contributed by atoms with E-state index in [0.29, 0.717) is 11.9 Å². The van der Waals surface area contributed by atoms with E-state index in [2.05, 4.69) is 20.6 Å². The van der Waals surface area contributed by atoms with Crippen molar-refractivity contribution in [3.8, 4) is 18.6 Å². The summed E-state index contributed by atoms with van der Waals surface area (Å²) in [5.74, 6) is 0.00972. The van der Waals surface area contributed by atoms with E-state index < -0.39 is 0 Å². The van der Waals surface area contributed by atoms with Gasteiger partial charge in [-0.2, -0.15) is 20.7 Å². The maximum atomic E-state index is 10.7. The lowest BCUT2D eigenvalue weighted by Gasteiger charge is -2.07. The van der Waals surface area contributed by atoms with Crippen LogP contribution >= 0.6 is 0 Å². The first-order valence-electron chi connectivity index (χ1n) is 8.12. The van der Waals surface area contributed by atoms with E-state index in [-0.39, 0.29) is 43.3 Å². The summed E-state index contributed by atoms with van der Waals surface area (Å²) in [6.45, 7) is 0.688. The minimum absolute atomic E-state index is 0.0486. The monoisotopic (exact) mass is 414 g/mol. The molecule has 3 aliphatic heterocycles. The normalized spacial score (nSPS) is 20.0. The number of carbonyl (C=O) groups excluding carboxylic acids is 3. The fraction of sp³-hybridized carbons (Fsp3) is 0.400. The molecule has 0 saturated carbocycles. The van der Waals surface area contributed by atoms with Crippen LogP contribution in [-0.4, -0.2) is 96.0 Å². The lowest BCUT2D eigenvalue weighted by atomic mass is 10.6. The van der Waals surface area contributed by atoms with Crippen LogP contribution in [0.4, 0.5) is 0 Å². The standard InChI is InChI=1S/3C5H6N4O/c1-8-2-4(10)9(3-6)5(8)7;2*1-9-2-4(10)8-5(9)7-3-6/h7H,2H2,1H3;2*2H2,1H3,(H,7,8,10). The zero-order valence-electron chi connectivity index (χ0n) is 16.4. The molecule has 3 N–H and O–H groups in total. The Hall–Kier alpha value is -4.71. The second-order valence-electron chi connectivity index (χ2n) is 5.89. The van der Waals surface area contributed by atoms with Crippen molar-refractivity contribution in [3.63, 3.8) is 0 Å². The summed E-state index contributed by atoms with van der Waals surface area (Å²) in [5, 5.41) is 36.5. The molecule has 3 saturated heterocycles. The molecule has 0 aromatic rings. The van der Waals surface area contributed by atoms with Crippen LogP contribution in [0.15, 0.2) is 9.98 Å². The van der Waals surface area contributed by atoms with E-state index >= 15 is 0 Å². The third-order valence-corrected chi connectivity index (χ3v) is 3.59. The van der Waals surface area contributed by atoms with E-state index in [4.69, 9.17) is 21.2 Å². The molecule has 3 amide bonds. The lowest BCUT2D eigenvalue weighted by molar-refractivity contribution is -0.123. The number of nitriles is 3. The molecule has 3 aliphatic rings. The van der Waals surface area contributed by atoms with Crippen molar-refractivity contribution in [1.82, 2.24) is 30.2 Å². The minimum atomic E-state index is -0.338. The van der Waals surface area contributed by atoms with Gasteiger partial charge in [0.1, 0.15) is 6.54 Å². The molecule has 30 heavy (non-hydrogen) atoms. The third kappa shape index (κ3) is 6.17. The van der Waals surface area contributed by atoms with Gasteiger partial charge in [0, 0.05) is 21.1 Å². The van der Waals surface area contributed by atoms with Gasteiger partial charge in [-0.25, -0.2) is 0 Å². The van der Waals surface area contributed by atoms with Crippen molar-refractivity contribution < 1.29 is 14.4 Å². The highest BCUT2D eigenvalue weighted by molar-refractivity contribution is 6.05. The molecular formula is C15H18N12O3. The number of nitrogens with zero attached hydrogens (tertiary/aromatic N) is 9. The number of nitrogens with one attached hydrogen (secondary N) is 3. The van der Waals surface area contributed by atoms with Gasteiger partial charge >= 0.3 is 0 Å². The van der Waals surface area contributed by atoms with Crippen molar-refractivity contribution in [2.75, 3.05) is 40.8 Å². The molecule has 0 aromatic carbocycles. The summed E-state index contributed by atoms with van der Waals surface area (Å²) < 4.78 is 0. The van der Waals surface area contributed by atoms with Gasteiger partial charge in [-0.3, -0.25) is 30.4 Å². The smallest absolute Gasteiger partial charge is 0.262 e. The maximum absolute atomic E-state index is 10.7. The number of aliphatic imine (C=N–C) groups is 2. The Morgan fingerprint density at radius 3 is 1.47 bits per heavy atom. The highest BCUT2D eigenvalue weighted by Crippen LogP contribution is 2.03. The number of guanidine groups is 3. The van der Waals surface area contributed by atoms with E-state index in [9.17, 15) is 14.4 Å². The largest absolute Gasteiger partial charge is 0.335 e. The Bertz CT molecular complexity index is 869. The molecule has 15 nitrogen and oxygen atoms in total. The van der Waals surface area contributed by atoms with Gasteiger partial charge in [0.2, 0.25) is 42.1 Å². The molecule has 0 bridgehead atoms. The number of hydrogen-bond acceptors (Lipinski definition) is 9. The molecule has 0 unspecified atom stereocenters. The average Bonchev–Trinajstić information content (AvgIpc) is 3.25. The number of hydrogen-bond donors (Lipinski definition) is 3. The summed E-state index contributed by atoms with van der Waals surface area (Å²) in [5.41, 5.74) is 0. The Kier molecular flexibility index (Phi) is 8.23. The summed E-state index contributed by atoms with van der Waals surface area (Å²) in [6, 6.07) is 0. The molecule has 0 radical (unpaired) electrons. The first kappa shape index (κ1) is 23.3. The van der Waals surface area contributed by atoms with Crippen molar-refractivity contribution in [1.29, 1.82) is 21.2 Å². The fourth-order valence-corrected chi connectivity index (χ4v) is 2.16. The number of rotatable bonds is 0. The Balaban J connectivity index is 0.000000225. The predicted octanol–water partition coefficient (Wildman–Crippen LogP) is -3.05. The van der Waals surface area contributed by atoms with Crippen molar-refractivity contribution in [2.45, 2.75) is 0 Å². The number of likely N-dealkylation sites (N-methyl/N-ethyl adjacent to an activating group) is 3. The van der Waals surface area contributed by atoms with Gasteiger partial charge in [0.15, 0.2) is 6.19 Å². The summed E-state index contributed by atoms with van der Waals surface area (Å²) in [4.78, 5) is 44.0. The molecule has 3 heterocycles. The zero-order valence-corrected chi connectivity index (χ0v) is 16.4. The first-order chi connectivity index (χ1) is 14.1. The van der Waals surface area contributed by atoms with Crippen LogP contribution < -0.4 is 10.6 Å². The molecule has 3 fully saturated rings. The summed E-state index contributed by atoms with van der Waals surface area (Å²) in [7, 11) is 4.97. The van der Waals surface area contributed by atoms with Crippen molar-refractivity contribution in [3.05, 3.63) is 0 Å². The highest BCUT2D eigenvalue weighted by atomic mass is 16.2. The quantitative estimate of drug-likeness (QED) is 0.343. The molecule has 0 spiro atoms. The second kappa shape index (κ2) is 10.6. The molecule has 0 atom stereocenters. The van der Waals surface area contributed by atoms with Gasteiger partial charge in [-0.1, -0.05) is 0 Å². The van der Waals surface area contributed by atoms with E-state index in [1.165, 1.54) is 4.90 Å². The fourth-order valence-electron chi connectivity index (χ4n) is 2.16. The third-order valence-electron chi connectivity index (χ3n) is 3.59. The highest BCUT2D eigenvalue weighted by Gasteiger charge is 2.30. The Morgan fingerprint density at radius 1 is 0.833 bits per heavy atom. The van der Waals surface area contributed by atoms with Crippen molar-refractivity contribution >= 4 is 35.6 Å². The Morgan fingerprint density at radius 2 is 1.27 bits per heavy atom. The van der Waals surface area contributed by atoms with Crippen LogP contribution in [0.5, 0.6) is 0 Å². The summed E-state index contributed by atoms with van der Waals surface area (Å²) in [6.07, 6.45) is 4.80. The van der Waals surface area contributed by atoms with Gasteiger partial charge in [0.05, 0.1) is 13.1 Å². The van der Waals surface area contributed by atoms with E-state index in [1.807, 2.05) is 0 Å². The van der Waals surface area contributed by atoms with Crippen LogP contribution in [0.1, 0.15) is 0 Å². The lowest BCUT2D eigenvalue weighted by Crippen LogP contribution is -2.27. The SMILES string of the molecule is CN1CC(=O)N(C#N)C1=N.CN1CC(=O)NC1=NC#N.CN1CC(=O)NC1=NC#N. The van der Waals surface area contributed by atoms with Crippen molar-refractivity contribution in [2.24, 2.45) is 9.98 Å². The van der Waals surface area contributed by atoms with Crippen LogP contribution in [0.3, 0.4) is 0 Å². The predicted molar refractivity (Wildman–Crippen MR) is 100 cm³/mol. The van der Waals surface area contributed by atoms with Crippen LogP contribution in [-0.2, 0) is 14.4 Å². The Labute approximate surface area is 171 Å². The van der Waals surface area contributed by atoms with E-state index in [1.54, 1.807) is 49.5 Å². The topological polar surface area (TPSA) is 208 Å². The van der Waals surface area contributed by atoms with E-state index in [0.717, 1.165) is 4.90 Å². The molecule has 15 heteroatoms. The van der Waals surface area contributed by atoms with Crippen LogP contribution in [0.2, 0.25) is 0 Å². The zero-order chi connectivity index (χ0) is 22.8. The molecule has 0 aromatic heterocycles. The first-order valence-corrected chi connectivity index (χ1v) is 8.12. The minimum Gasteiger partial charge on any atom is -0.335 e. The number of amides is 3. The van der Waals surface area contributed by atoms with Gasteiger partial charge in [-0.05, 0) is 0 Å². The summed E-state index contributed by atoms with van der Waals surface area (Å²) >= 11 is 0. The molecule has 156 valence electrons. The van der Waals surface area contributed by atoms with Gasteiger partial charge in [0.25, 0.3) is 5.91 Å². The average molecular weight is 414 g/mol. The van der Waals surface area contributed by atoms with Crippen LogP contribution in [0.25, 0.3) is 0 Å². The molecular weight excluding hydrogens is 396 g/mol. The van der Waals surface area contributed by atoms with Crippen LogP contribution in [0, 0.1) is 39.8 Å². The van der Waals surface area contributed by atoms with Gasteiger partial charge < -0.3 is 14.7 Å². The molecule has 3 rings (SSSR count).